The van der Waals surface area contributed by atoms with E-state index in [0.717, 1.165) is 19.5 Å². The maximum absolute atomic E-state index is 8.98. The molecule has 0 aliphatic carbocycles. The number of hydrogen-bond acceptors (Lipinski definition) is 3. The summed E-state index contributed by atoms with van der Waals surface area (Å²) >= 11 is 1.71. The van der Waals surface area contributed by atoms with Crippen LogP contribution in [0.5, 0.6) is 0 Å². The van der Waals surface area contributed by atoms with Gasteiger partial charge < -0.3 is 5.11 Å². The monoisotopic (exact) mass is 133 g/mol. The van der Waals surface area contributed by atoms with E-state index in [4.69, 9.17) is 5.11 Å². The van der Waals surface area contributed by atoms with Crippen molar-refractivity contribution >= 4 is 11.9 Å². The summed E-state index contributed by atoms with van der Waals surface area (Å²) < 4.78 is 2.17. The minimum absolute atomic E-state index is 0.0672. The Hall–Kier alpha value is 0.270. The van der Waals surface area contributed by atoms with Crippen LogP contribution in [-0.4, -0.2) is 34.9 Å². The molecule has 3 heteroatoms. The van der Waals surface area contributed by atoms with E-state index in [0.29, 0.717) is 0 Å². The molecule has 2 nitrogen and oxygen atoms in total. The first kappa shape index (κ1) is 6.39. The normalized spacial score (nSPS) is 31.5. The van der Waals surface area contributed by atoms with Gasteiger partial charge in [-0.1, -0.05) is 11.9 Å². The molecule has 0 amide bonds. The van der Waals surface area contributed by atoms with Crippen LogP contribution in [0.3, 0.4) is 0 Å². The number of β-amino-alcohol motifs (C(OH)–C–C–N with tert-alkyl or cyclic N) is 1. The predicted octanol–water partition coefficient (Wildman–Crippen LogP) is 0.331. The highest BCUT2D eigenvalue weighted by Crippen LogP contribution is 2.15. The Labute approximate surface area is 54.0 Å². The zero-order chi connectivity index (χ0) is 5.98. The molecular formula is C5H11NOS. The lowest BCUT2D eigenvalue weighted by Crippen LogP contribution is -2.13. The van der Waals surface area contributed by atoms with E-state index in [1.54, 1.807) is 11.9 Å². The van der Waals surface area contributed by atoms with Crippen LogP contribution in [0, 0.1) is 0 Å². The predicted molar refractivity (Wildman–Crippen MR) is 35.7 cm³/mol. The quantitative estimate of drug-likeness (QED) is 0.521. The van der Waals surface area contributed by atoms with E-state index < -0.39 is 0 Å². The summed E-state index contributed by atoms with van der Waals surface area (Å²) in [5.41, 5.74) is 0. The number of hydrogen-bond donors (Lipinski definition) is 1. The van der Waals surface area contributed by atoms with Crippen LogP contribution in [0.4, 0.5) is 0 Å². The molecule has 1 atom stereocenters. The summed E-state index contributed by atoms with van der Waals surface area (Å²) in [5, 5.41) is 8.98. The molecule has 0 aromatic heterocycles. The SMILES string of the molecule is CSN1CC[C@H](O)C1. The highest BCUT2D eigenvalue weighted by molar-refractivity contribution is 7.96. The Morgan fingerprint density at radius 3 is 2.75 bits per heavy atom. The van der Waals surface area contributed by atoms with Gasteiger partial charge in [0.25, 0.3) is 0 Å². The average Bonchev–Trinajstić information content (AvgIpc) is 2.14. The Morgan fingerprint density at radius 2 is 2.50 bits per heavy atom. The Kier molecular flexibility index (Phi) is 2.16. The first-order valence-electron chi connectivity index (χ1n) is 2.80. The van der Waals surface area contributed by atoms with Gasteiger partial charge in [0.2, 0.25) is 0 Å². The maximum atomic E-state index is 8.98. The van der Waals surface area contributed by atoms with Gasteiger partial charge in [-0.3, -0.25) is 0 Å². The molecule has 48 valence electrons. The van der Waals surface area contributed by atoms with Crippen LogP contribution in [0.2, 0.25) is 0 Å². The summed E-state index contributed by atoms with van der Waals surface area (Å²) in [4.78, 5) is 0. The lowest BCUT2D eigenvalue weighted by atomic mass is 10.3. The first-order valence-corrected chi connectivity index (χ1v) is 3.98. The third-order valence-electron chi connectivity index (χ3n) is 1.38. The number of aliphatic hydroxyl groups excluding tert-OH is 1. The van der Waals surface area contributed by atoms with E-state index >= 15 is 0 Å². The Bertz CT molecular complexity index is 78.8. The smallest absolute Gasteiger partial charge is 0.0689 e. The molecule has 0 unspecified atom stereocenters. The fourth-order valence-electron chi connectivity index (χ4n) is 0.876. The summed E-state index contributed by atoms with van der Waals surface area (Å²) in [5.74, 6) is 0. The van der Waals surface area contributed by atoms with Crippen LogP contribution in [0.1, 0.15) is 6.42 Å². The molecule has 0 bridgehead atoms. The van der Waals surface area contributed by atoms with Gasteiger partial charge in [-0.05, 0) is 12.7 Å². The largest absolute Gasteiger partial charge is 0.392 e. The third-order valence-corrected chi connectivity index (χ3v) is 2.23. The van der Waals surface area contributed by atoms with Crippen LogP contribution in [-0.2, 0) is 0 Å². The van der Waals surface area contributed by atoms with E-state index in [1.165, 1.54) is 0 Å². The van der Waals surface area contributed by atoms with Gasteiger partial charge in [0.15, 0.2) is 0 Å². The molecule has 1 aliphatic heterocycles. The molecule has 1 saturated heterocycles. The molecule has 1 heterocycles. The van der Waals surface area contributed by atoms with Crippen molar-refractivity contribution in [2.45, 2.75) is 12.5 Å². The van der Waals surface area contributed by atoms with Crippen molar-refractivity contribution in [2.75, 3.05) is 19.3 Å². The maximum Gasteiger partial charge on any atom is 0.0689 e. The van der Waals surface area contributed by atoms with Crippen molar-refractivity contribution in [3.63, 3.8) is 0 Å². The molecule has 1 aliphatic rings. The molecule has 8 heavy (non-hydrogen) atoms. The topological polar surface area (TPSA) is 23.5 Å². The van der Waals surface area contributed by atoms with Gasteiger partial charge in [0.05, 0.1) is 6.10 Å². The fourth-order valence-corrected chi connectivity index (χ4v) is 1.49. The van der Waals surface area contributed by atoms with E-state index in [9.17, 15) is 0 Å². The van der Waals surface area contributed by atoms with Gasteiger partial charge in [-0.15, -0.1) is 0 Å². The summed E-state index contributed by atoms with van der Waals surface area (Å²) in [6.07, 6.45) is 2.92. The molecule has 0 aromatic carbocycles. The van der Waals surface area contributed by atoms with Crippen LogP contribution in [0.25, 0.3) is 0 Å². The average molecular weight is 133 g/mol. The Morgan fingerprint density at radius 1 is 1.75 bits per heavy atom. The van der Waals surface area contributed by atoms with Crippen LogP contribution in [0.15, 0.2) is 0 Å². The first-order chi connectivity index (χ1) is 3.83. The Balaban J connectivity index is 2.22. The molecular weight excluding hydrogens is 122 g/mol. The molecule has 1 fully saturated rings. The standard InChI is InChI=1S/C5H11NOS/c1-8-6-3-2-5(7)4-6/h5,7H,2-4H2,1H3/t5-/m0/s1. The molecule has 0 radical (unpaired) electrons. The second kappa shape index (κ2) is 2.71. The molecule has 0 spiro atoms. The van der Waals surface area contributed by atoms with Crippen molar-refractivity contribution in [3.8, 4) is 0 Å². The van der Waals surface area contributed by atoms with Crippen molar-refractivity contribution in [1.29, 1.82) is 0 Å². The highest BCUT2D eigenvalue weighted by atomic mass is 32.2. The van der Waals surface area contributed by atoms with Gasteiger partial charge in [0, 0.05) is 13.1 Å². The number of aliphatic hydroxyl groups is 1. The van der Waals surface area contributed by atoms with Crippen molar-refractivity contribution < 1.29 is 5.11 Å². The van der Waals surface area contributed by atoms with Crippen LogP contribution < -0.4 is 0 Å². The van der Waals surface area contributed by atoms with Crippen molar-refractivity contribution in [2.24, 2.45) is 0 Å². The lowest BCUT2D eigenvalue weighted by molar-refractivity contribution is 0.190. The second-order valence-electron chi connectivity index (χ2n) is 2.01. The van der Waals surface area contributed by atoms with Crippen LogP contribution >= 0.6 is 11.9 Å². The molecule has 1 N–H and O–H groups in total. The van der Waals surface area contributed by atoms with Crippen molar-refractivity contribution in [1.82, 2.24) is 4.31 Å². The van der Waals surface area contributed by atoms with E-state index in [2.05, 4.69) is 4.31 Å². The van der Waals surface area contributed by atoms with Gasteiger partial charge in [-0.2, -0.15) is 0 Å². The lowest BCUT2D eigenvalue weighted by Gasteiger charge is -2.07. The number of rotatable bonds is 1. The van der Waals surface area contributed by atoms with Gasteiger partial charge in [0.1, 0.15) is 0 Å². The zero-order valence-electron chi connectivity index (χ0n) is 5.00. The molecule has 0 aromatic rings. The highest BCUT2D eigenvalue weighted by Gasteiger charge is 2.18. The van der Waals surface area contributed by atoms with E-state index in [1.807, 2.05) is 6.26 Å². The van der Waals surface area contributed by atoms with Gasteiger partial charge in [-0.25, -0.2) is 4.31 Å². The number of nitrogens with zero attached hydrogens (tertiary/aromatic N) is 1. The summed E-state index contributed by atoms with van der Waals surface area (Å²) in [7, 11) is 0. The molecule has 1 rings (SSSR count). The minimum Gasteiger partial charge on any atom is -0.392 e. The fraction of sp³-hybridized carbons (Fsp3) is 1.00. The third kappa shape index (κ3) is 1.37. The van der Waals surface area contributed by atoms with Gasteiger partial charge >= 0.3 is 0 Å². The van der Waals surface area contributed by atoms with E-state index in [-0.39, 0.29) is 6.10 Å². The van der Waals surface area contributed by atoms with Crippen molar-refractivity contribution in [3.05, 3.63) is 0 Å². The minimum atomic E-state index is -0.0672. The zero-order valence-corrected chi connectivity index (χ0v) is 5.82. The summed E-state index contributed by atoms with van der Waals surface area (Å²) in [6, 6.07) is 0. The second-order valence-corrected chi connectivity index (χ2v) is 2.89. The summed E-state index contributed by atoms with van der Waals surface area (Å²) in [6.45, 7) is 1.89. The molecule has 0 saturated carbocycles.